The van der Waals surface area contributed by atoms with Crippen LogP contribution in [0.1, 0.15) is 31.5 Å². The molecule has 118 valence electrons. The summed E-state index contributed by atoms with van der Waals surface area (Å²) in [6, 6.07) is 11.2. The third-order valence-electron chi connectivity index (χ3n) is 4.73. The van der Waals surface area contributed by atoms with Crippen molar-refractivity contribution in [2.45, 2.75) is 32.2 Å². The zero-order valence-electron chi connectivity index (χ0n) is 13.4. The summed E-state index contributed by atoms with van der Waals surface area (Å²) in [7, 11) is 0. The summed E-state index contributed by atoms with van der Waals surface area (Å²) in [5.74, 6) is 0. The predicted molar refractivity (Wildman–Crippen MR) is 91.6 cm³/mol. The van der Waals surface area contributed by atoms with E-state index in [4.69, 9.17) is 4.98 Å². The molecule has 0 N–H and O–H groups in total. The van der Waals surface area contributed by atoms with Crippen molar-refractivity contribution in [2.24, 2.45) is 0 Å². The van der Waals surface area contributed by atoms with Crippen LogP contribution >= 0.6 is 0 Å². The van der Waals surface area contributed by atoms with Crippen LogP contribution in [-0.4, -0.2) is 32.8 Å². The van der Waals surface area contributed by atoms with Crippen molar-refractivity contribution >= 4 is 16.6 Å². The highest BCUT2D eigenvalue weighted by atomic mass is 15.3. The van der Waals surface area contributed by atoms with Crippen LogP contribution < -0.4 is 4.90 Å². The maximum absolute atomic E-state index is 4.76. The van der Waals surface area contributed by atoms with Gasteiger partial charge in [0.05, 0.1) is 11.6 Å². The molecule has 1 aliphatic heterocycles. The summed E-state index contributed by atoms with van der Waals surface area (Å²) >= 11 is 0. The lowest BCUT2D eigenvalue weighted by Gasteiger charge is -2.34. The van der Waals surface area contributed by atoms with Gasteiger partial charge < -0.3 is 4.90 Å². The predicted octanol–water partition coefficient (Wildman–Crippen LogP) is 3.23. The minimum atomic E-state index is 0.465. The highest BCUT2D eigenvalue weighted by Gasteiger charge is 2.22. The Balaban J connectivity index is 1.62. The second-order valence-corrected chi connectivity index (χ2v) is 6.10. The van der Waals surface area contributed by atoms with Gasteiger partial charge in [-0.1, -0.05) is 25.1 Å². The van der Waals surface area contributed by atoms with Crippen molar-refractivity contribution in [3.8, 4) is 0 Å². The summed E-state index contributed by atoms with van der Waals surface area (Å²) in [5, 5.41) is 5.55. The molecular formula is C18H21N5. The fourth-order valence-electron chi connectivity index (χ4n) is 3.43. The van der Waals surface area contributed by atoms with Gasteiger partial charge in [0.2, 0.25) is 0 Å². The van der Waals surface area contributed by atoms with E-state index in [-0.39, 0.29) is 0 Å². The molecule has 0 atom stereocenters. The highest BCUT2D eigenvalue weighted by molar-refractivity contribution is 5.92. The molecule has 1 saturated heterocycles. The topological polar surface area (TPSA) is 46.8 Å². The summed E-state index contributed by atoms with van der Waals surface area (Å²) in [6.45, 7) is 4.25. The van der Waals surface area contributed by atoms with Crippen molar-refractivity contribution < 1.29 is 0 Å². The van der Waals surface area contributed by atoms with Gasteiger partial charge in [-0.15, -0.1) is 0 Å². The van der Waals surface area contributed by atoms with Crippen LogP contribution in [0.15, 0.2) is 43.0 Å². The number of anilines is 1. The fraction of sp³-hybridized carbons (Fsp3) is 0.389. The second-order valence-electron chi connectivity index (χ2n) is 6.10. The molecule has 0 aliphatic carbocycles. The molecule has 23 heavy (non-hydrogen) atoms. The number of para-hydroxylation sites is 1. The van der Waals surface area contributed by atoms with Crippen LogP contribution in [0.25, 0.3) is 10.9 Å². The van der Waals surface area contributed by atoms with Crippen molar-refractivity contribution in [1.29, 1.82) is 0 Å². The Hall–Kier alpha value is -2.43. The number of piperidine rings is 1. The molecular weight excluding hydrogens is 286 g/mol. The molecule has 0 spiro atoms. The number of pyridine rings is 1. The van der Waals surface area contributed by atoms with Gasteiger partial charge >= 0.3 is 0 Å². The Labute approximate surface area is 136 Å². The van der Waals surface area contributed by atoms with E-state index in [9.17, 15) is 0 Å². The first-order chi connectivity index (χ1) is 11.3. The lowest BCUT2D eigenvalue weighted by Crippen LogP contribution is -2.35. The molecule has 0 amide bonds. The lowest BCUT2D eigenvalue weighted by atomic mass is 10.0. The van der Waals surface area contributed by atoms with Crippen molar-refractivity contribution in [3.63, 3.8) is 0 Å². The summed E-state index contributed by atoms with van der Waals surface area (Å²) in [4.78, 5) is 11.3. The van der Waals surface area contributed by atoms with Crippen LogP contribution in [0.2, 0.25) is 0 Å². The number of fused-ring (bicyclic) bond motifs is 1. The molecule has 0 bridgehead atoms. The summed E-state index contributed by atoms with van der Waals surface area (Å²) < 4.78 is 2.00. The number of aromatic nitrogens is 4. The van der Waals surface area contributed by atoms with Crippen LogP contribution in [0, 0.1) is 0 Å². The third kappa shape index (κ3) is 2.67. The smallest absolute Gasteiger partial charge is 0.137 e. The molecule has 5 nitrogen and oxygen atoms in total. The average Bonchev–Trinajstić information content (AvgIpc) is 3.15. The van der Waals surface area contributed by atoms with Crippen LogP contribution in [0.4, 0.5) is 5.69 Å². The fourth-order valence-corrected chi connectivity index (χ4v) is 3.43. The first-order valence-corrected chi connectivity index (χ1v) is 8.33. The van der Waals surface area contributed by atoms with Crippen LogP contribution in [-0.2, 0) is 6.42 Å². The number of benzene rings is 1. The van der Waals surface area contributed by atoms with Gasteiger partial charge in [0.1, 0.15) is 12.7 Å². The SMILES string of the molecule is CCc1cc(N2CCC(n3cncn3)CC2)c2ccccc2n1. The third-order valence-corrected chi connectivity index (χ3v) is 4.73. The minimum absolute atomic E-state index is 0.465. The molecule has 2 aromatic heterocycles. The van der Waals surface area contributed by atoms with E-state index < -0.39 is 0 Å². The number of hydrogen-bond acceptors (Lipinski definition) is 4. The van der Waals surface area contributed by atoms with Crippen LogP contribution in [0.5, 0.6) is 0 Å². The summed E-state index contributed by atoms with van der Waals surface area (Å²) in [6.07, 6.45) is 6.61. The molecule has 0 radical (unpaired) electrons. The van der Waals surface area contributed by atoms with Gasteiger partial charge in [0.15, 0.2) is 0 Å². The van der Waals surface area contributed by atoms with Gasteiger partial charge in [-0.2, -0.15) is 5.10 Å². The van der Waals surface area contributed by atoms with Crippen molar-refractivity contribution in [2.75, 3.05) is 18.0 Å². The molecule has 0 saturated carbocycles. The van der Waals surface area contributed by atoms with E-state index in [1.165, 1.54) is 11.1 Å². The Morgan fingerprint density at radius 2 is 2.00 bits per heavy atom. The van der Waals surface area contributed by atoms with Gasteiger partial charge in [-0.05, 0) is 31.4 Å². The van der Waals surface area contributed by atoms with E-state index >= 15 is 0 Å². The van der Waals surface area contributed by atoms with E-state index in [1.54, 1.807) is 6.33 Å². The first-order valence-electron chi connectivity index (χ1n) is 8.33. The largest absolute Gasteiger partial charge is 0.371 e. The zero-order valence-corrected chi connectivity index (χ0v) is 13.4. The maximum atomic E-state index is 4.76. The Morgan fingerprint density at radius 1 is 1.17 bits per heavy atom. The minimum Gasteiger partial charge on any atom is -0.371 e. The highest BCUT2D eigenvalue weighted by Crippen LogP contribution is 2.31. The van der Waals surface area contributed by atoms with Crippen molar-refractivity contribution in [3.05, 3.63) is 48.7 Å². The molecule has 4 rings (SSSR count). The Morgan fingerprint density at radius 3 is 2.74 bits per heavy atom. The molecule has 5 heteroatoms. The van der Waals surface area contributed by atoms with E-state index in [2.05, 4.69) is 52.2 Å². The van der Waals surface area contributed by atoms with Crippen LogP contribution in [0.3, 0.4) is 0 Å². The number of hydrogen-bond donors (Lipinski definition) is 0. The lowest BCUT2D eigenvalue weighted by molar-refractivity contribution is 0.366. The van der Waals surface area contributed by atoms with Gasteiger partial charge in [-0.25, -0.2) is 9.67 Å². The Bertz CT molecular complexity index is 788. The molecule has 1 aromatic carbocycles. The Kier molecular flexibility index (Phi) is 3.69. The van der Waals surface area contributed by atoms with E-state index in [0.29, 0.717) is 6.04 Å². The van der Waals surface area contributed by atoms with Gasteiger partial charge in [0.25, 0.3) is 0 Å². The number of aryl methyl sites for hydroxylation is 1. The normalized spacial score (nSPS) is 16.1. The van der Waals surface area contributed by atoms with Crippen molar-refractivity contribution in [1.82, 2.24) is 19.7 Å². The average molecular weight is 307 g/mol. The zero-order chi connectivity index (χ0) is 15.6. The molecule has 3 aromatic rings. The molecule has 3 heterocycles. The standard InChI is InChI=1S/C18H21N5/c1-2-14-11-18(16-5-3-4-6-17(16)21-14)22-9-7-15(8-10-22)23-13-19-12-20-23/h3-6,11-13,15H,2,7-10H2,1H3. The van der Waals surface area contributed by atoms with Gasteiger partial charge in [-0.3, -0.25) is 4.98 Å². The monoisotopic (exact) mass is 307 g/mol. The first kappa shape index (κ1) is 14.2. The maximum Gasteiger partial charge on any atom is 0.137 e. The summed E-state index contributed by atoms with van der Waals surface area (Å²) in [5.41, 5.74) is 3.59. The molecule has 0 unspecified atom stereocenters. The van der Waals surface area contributed by atoms with Gasteiger partial charge in [0, 0.05) is 29.9 Å². The number of nitrogens with zero attached hydrogens (tertiary/aromatic N) is 5. The molecule has 1 aliphatic rings. The molecule has 1 fully saturated rings. The number of rotatable bonds is 3. The van der Waals surface area contributed by atoms with E-state index in [0.717, 1.165) is 43.6 Å². The second kappa shape index (κ2) is 5.99. The quantitative estimate of drug-likeness (QED) is 0.745. The van der Waals surface area contributed by atoms with E-state index in [1.807, 2.05) is 11.0 Å².